The van der Waals surface area contributed by atoms with Crippen LogP contribution in [-0.2, 0) is 16.1 Å². The zero-order valence-electron chi connectivity index (χ0n) is 14.5. The minimum Gasteiger partial charge on any atom is -0.336 e. The first-order valence-electron chi connectivity index (χ1n) is 7.90. The van der Waals surface area contributed by atoms with Crippen LogP contribution in [0, 0.1) is 10.1 Å². The van der Waals surface area contributed by atoms with E-state index in [1.807, 2.05) is 30.3 Å². The van der Waals surface area contributed by atoms with Gasteiger partial charge in [-0.3, -0.25) is 19.7 Å². The Morgan fingerprint density at radius 1 is 1.15 bits per heavy atom. The fourth-order valence-corrected chi connectivity index (χ4v) is 2.37. The van der Waals surface area contributed by atoms with Gasteiger partial charge in [-0.25, -0.2) is 0 Å². The number of hydrogen-bond donors (Lipinski definition) is 1. The molecule has 2 amide bonds. The highest BCUT2D eigenvalue weighted by molar-refractivity contribution is 6.00. The molecule has 2 aromatic carbocycles. The van der Waals surface area contributed by atoms with Crippen molar-refractivity contribution >= 4 is 23.6 Å². The molecule has 0 radical (unpaired) electrons. The molecule has 0 aliphatic rings. The molecule has 0 heterocycles. The number of rotatable bonds is 6. The third kappa shape index (κ3) is 5.27. The smallest absolute Gasteiger partial charge is 0.270 e. The molecule has 0 aliphatic heterocycles. The molecule has 134 valence electrons. The van der Waals surface area contributed by atoms with Gasteiger partial charge in [-0.2, -0.15) is 0 Å². The molecule has 0 fully saturated rings. The molecule has 0 atom stereocenters. The zero-order valence-corrected chi connectivity index (χ0v) is 14.5. The highest BCUT2D eigenvalue weighted by atomic mass is 16.6. The van der Waals surface area contributed by atoms with E-state index < -0.39 is 16.7 Å². The topological polar surface area (TPSA) is 92.5 Å². The second-order valence-electron chi connectivity index (χ2n) is 5.74. The Kier molecular flexibility index (Phi) is 6.21. The normalized spacial score (nSPS) is 10.9. The molecular formula is C19H19N3O4. The van der Waals surface area contributed by atoms with E-state index in [4.69, 9.17) is 0 Å². The van der Waals surface area contributed by atoms with E-state index >= 15 is 0 Å². The summed E-state index contributed by atoms with van der Waals surface area (Å²) in [5.74, 6) is -0.793. The van der Waals surface area contributed by atoms with Gasteiger partial charge in [-0.05, 0) is 17.2 Å². The van der Waals surface area contributed by atoms with Crippen LogP contribution in [0.4, 0.5) is 5.69 Å². The van der Waals surface area contributed by atoms with Gasteiger partial charge >= 0.3 is 0 Å². The summed E-state index contributed by atoms with van der Waals surface area (Å²) in [5, 5.41) is 13.4. The minimum atomic E-state index is -0.515. The first kappa shape index (κ1) is 18.9. The number of carbonyl (C=O) groups excluding carboxylic acids is 2. The Hall–Kier alpha value is -3.48. The molecule has 1 N–H and O–H groups in total. The van der Waals surface area contributed by atoms with Crippen LogP contribution in [0.25, 0.3) is 6.08 Å². The number of benzene rings is 2. The van der Waals surface area contributed by atoms with Crippen molar-refractivity contribution in [2.75, 3.05) is 7.05 Å². The minimum absolute atomic E-state index is 0.0522. The molecule has 0 spiro atoms. The van der Waals surface area contributed by atoms with E-state index in [2.05, 4.69) is 5.32 Å². The number of carbonyl (C=O) groups is 2. The highest BCUT2D eigenvalue weighted by Gasteiger charge is 2.17. The SMILES string of the molecule is CC(=O)NC(=Cc1cccc([N+](=O)[O-])c1)C(=O)N(C)Cc1ccccc1. The summed E-state index contributed by atoms with van der Waals surface area (Å²) in [6.45, 7) is 1.66. The Morgan fingerprint density at radius 3 is 2.46 bits per heavy atom. The predicted molar refractivity (Wildman–Crippen MR) is 97.8 cm³/mol. The van der Waals surface area contributed by atoms with Gasteiger partial charge in [0.25, 0.3) is 11.6 Å². The van der Waals surface area contributed by atoms with Gasteiger partial charge < -0.3 is 10.2 Å². The third-order valence-electron chi connectivity index (χ3n) is 3.54. The lowest BCUT2D eigenvalue weighted by Crippen LogP contribution is -2.35. The van der Waals surface area contributed by atoms with E-state index in [9.17, 15) is 19.7 Å². The van der Waals surface area contributed by atoms with Gasteiger partial charge in [0.15, 0.2) is 0 Å². The van der Waals surface area contributed by atoms with Gasteiger partial charge in [0.2, 0.25) is 5.91 Å². The predicted octanol–water partition coefficient (Wildman–Crippen LogP) is 2.73. The first-order chi connectivity index (χ1) is 12.4. The second-order valence-corrected chi connectivity index (χ2v) is 5.74. The molecule has 0 aliphatic carbocycles. The third-order valence-corrected chi connectivity index (χ3v) is 3.54. The van der Waals surface area contributed by atoms with Gasteiger partial charge in [-0.1, -0.05) is 42.5 Å². The molecule has 2 aromatic rings. The number of non-ortho nitro benzene ring substituents is 1. The van der Waals surface area contributed by atoms with Gasteiger partial charge in [0, 0.05) is 32.6 Å². The largest absolute Gasteiger partial charge is 0.336 e. The number of likely N-dealkylation sites (N-methyl/N-ethyl adjacent to an activating group) is 1. The van der Waals surface area contributed by atoms with E-state index in [0.29, 0.717) is 12.1 Å². The van der Waals surface area contributed by atoms with E-state index in [1.54, 1.807) is 13.1 Å². The average Bonchev–Trinajstić information content (AvgIpc) is 2.61. The number of nitro groups is 1. The van der Waals surface area contributed by atoms with Crippen LogP contribution in [0.3, 0.4) is 0 Å². The van der Waals surface area contributed by atoms with Crippen molar-refractivity contribution in [2.24, 2.45) is 0 Å². The van der Waals surface area contributed by atoms with E-state index in [-0.39, 0.29) is 11.4 Å². The fraction of sp³-hybridized carbons (Fsp3) is 0.158. The van der Waals surface area contributed by atoms with Crippen LogP contribution < -0.4 is 5.32 Å². The number of nitro benzene ring substituents is 1. The Labute approximate surface area is 151 Å². The van der Waals surface area contributed by atoms with E-state index in [1.165, 1.54) is 36.1 Å². The summed E-state index contributed by atoms with van der Waals surface area (Å²) >= 11 is 0. The van der Waals surface area contributed by atoms with Gasteiger partial charge in [-0.15, -0.1) is 0 Å². The summed E-state index contributed by atoms with van der Waals surface area (Å²) < 4.78 is 0. The van der Waals surface area contributed by atoms with Crippen molar-refractivity contribution in [1.82, 2.24) is 10.2 Å². The van der Waals surface area contributed by atoms with Crippen LogP contribution in [0.15, 0.2) is 60.3 Å². The molecule has 0 aromatic heterocycles. The average molecular weight is 353 g/mol. The van der Waals surface area contributed by atoms with Crippen LogP contribution >= 0.6 is 0 Å². The maximum atomic E-state index is 12.7. The van der Waals surface area contributed by atoms with Crippen LogP contribution in [0.5, 0.6) is 0 Å². The molecule has 7 nitrogen and oxygen atoms in total. The number of hydrogen-bond acceptors (Lipinski definition) is 4. The van der Waals surface area contributed by atoms with Crippen LogP contribution in [-0.4, -0.2) is 28.7 Å². The van der Waals surface area contributed by atoms with Crippen molar-refractivity contribution in [3.05, 3.63) is 81.5 Å². The van der Waals surface area contributed by atoms with Crippen molar-refractivity contribution < 1.29 is 14.5 Å². The number of amides is 2. The van der Waals surface area contributed by atoms with Gasteiger partial charge in [0.05, 0.1) is 4.92 Å². The number of nitrogens with one attached hydrogen (secondary N) is 1. The lowest BCUT2D eigenvalue weighted by molar-refractivity contribution is -0.384. The lowest BCUT2D eigenvalue weighted by Gasteiger charge is -2.19. The van der Waals surface area contributed by atoms with E-state index in [0.717, 1.165) is 5.56 Å². The second kappa shape index (κ2) is 8.57. The lowest BCUT2D eigenvalue weighted by atomic mass is 10.1. The van der Waals surface area contributed by atoms with Crippen LogP contribution in [0.2, 0.25) is 0 Å². The maximum Gasteiger partial charge on any atom is 0.270 e. The van der Waals surface area contributed by atoms with Gasteiger partial charge in [0.1, 0.15) is 5.70 Å². The maximum absolute atomic E-state index is 12.7. The monoisotopic (exact) mass is 353 g/mol. The highest BCUT2D eigenvalue weighted by Crippen LogP contribution is 2.16. The fourth-order valence-electron chi connectivity index (χ4n) is 2.37. The zero-order chi connectivity index (χ0) is 19.1. The molecule has 0 bridgehead atoms. The summed E-state index contributed by atoms with van der Waals surface area (Å²) in [7, 11) is 1.62. The summed E-state index contributed by atoms with van der Waals surface area (Å²) in [6.07, 6.45) is 1.43. The number of nitrogens with zero attached hydrogens (tertiary/aromatic N) is 2. The molecule has 7 heteroatoms. The summed E-state index contributed by atoms with van der Waals surface area (Å²) in [6, 6.07) is 15.3. The molecule has 26 heavy (non-hydrogen) atoms. The van der Waals surface area contributed by atoms with Crippen molar-refractivity contribution in [3.8, 4) is 0 Å². The standard InChI is InChI=1S/C19H19N3O4/c1-14(23)20-18(12-16-9-6-10-17(11-16)22(25)26)19(24)21(2)13-15-7-4-3-5-8-15/h3-12H,13H2,1-2H3,(H,20,23). The molecule has 2 rings (SSSR count). The van der Waals surface area contributed by atoms with Crippen molar-refractivity contribution in [2.45, 2.75) is 13.5 Å². The van der Waals surface area contributed by atoms with Crippen molar-refractivity contribution in [1.29, 1.82) is 0 Å². The Balaban J connectivity index is 2.28. The molecule has 0 unspecified atom stereocenters. The van der Waals surface area contributed by atoms with Crippen molar-refractivity contribution in [3.63, 3.8) is 0 Å². The quantitative estimate of drug-likeness (QED) is 0.491. The molecule has 0 saturated heterocycles. The molecule has 0 saturated carbocycles. The summed E-state index contributed by atoms with van der Waals surface area (Å²) in [4.78, 5) is 36.0. The van der Waals surface area contributed by atoms with Crippen LogP contribution in [0.1, 0.15) is 18.1 Å². The first-order valence-corrected chi connectivity index (χ1v) is 7.90. The Morgan fingerprint density at radius 2 is 1.85 bits per heavy atom. The Bertz CT molecular complexity index is 847. The summed E-state index contributed by atoms with van der Waals surface area (Å²) in [5.41, 5.74) is 1.35. The molecular weight excluding hydrogens is 334 g/mol.